The highest BCUT2D eigenvalue weighted by atomic mass is 79.9. The lowest BCUT2D eigenvalue weighted by molar-refractivity contribution is -0.577. The van der Waals surface area contributed by atoms with Crippen LogP contribution in [0, 0.1) is 23.7 Å². The van der Waals surface area contributed by atoms with Gasteiger partial charge in [-0.25, -0.2) is 9.78 Å². The quantitative estimate of drug-likeness (QED) is 0.431. The third-order valence-electron chi connectivity index (χ3n) is 6.63. The van der Waals surface area contributed by atoms with E-state index in [1.54, 1.807) is 13.8 Å². The van der Waals surface area contributed by atoms with Crippen LogP contribution in [0.1, 0.15) is 46.5 Å². The van der Waals surface area contributed by atoms with E-state index in [1.807, 2.05) is 0 Å². The molecule has 4 nitrogen and oxygen atoms in total. The van der Waals surface area contributed by atoms with Crippen molar-refractivity contribution in [2.24, 2.45) is 23.7 Å². The fourth-order valence-electron chi connectivity index (χ4n) is 5.23. The second-order valence-electron chi connectivity index (χ2n) is 7.96. The Kier molecular flexibility index (Phi) is 3.72. The predicted octanol–water partition coefficient (Wildman–Crippen LogP) is 4.52. The van der Waals surface area contributed by atoms with Crippen LogP contribution in [0.4, 0.5) is 13.2 Å². The Balaban J connectivity index is 1.84. The van der Waals surface area contributed by atoms with Gasteiger partial charge in [0, 0.05) is 18.3 Å². The van der Waals surface area contributed by atoms with Gasteiger partial charge >= 0.3 is 6.18 Å². The molecule has 5 fully saturated rings. The fourth-order valence-corrected chi connectivity index (χ4v) is 5.72. The number of hydrogen-bond donors (Lipinski definition) is 0. The molecule has 0 aromatic heterocycles. The Morgan fingerprint density at radius 1 is 1.00 bits per heavy atom. The van der Waals surface area contributed by atoms with Gasteiger partial charge in [-0.15, -0.1) is 0 Å². The van der Waals surface area contributed by atoms with Gasteiger partial charge in [0.1, 0.15) is 0 Å². The number of fused-ring (bicyclic) bond motifs is 2. The van der Waals surface area contributed by atoms with Gasteiger partial charge in [0.25, 0.3) is 0 Å². The lowest BCUT2D eigenvalue weighted by atomic mass is 9.57. The summed E-state index contributed by atoms with van der Waals surface area (Å²) in [6, 6.07) is 0. The number of ether oxygens (including phenoxy) is 2. The number of hydrogen-bond acceptors (Lipinski definition) is 4. The smallest absolute Gasteiger partial charge is 0.322 e. The molecule has 1 unspecified atom stereocenters. The molecule has 0 radical (unpaired) electrons. The van der Waals surface area contributed by atoms with Crippen LogP contribution in [-0.4, -0.2) is 28.4 Å². The Bertz CT molecular complexity index is 546. The van der Waals surface area contributed by atoms with E-state index in [2.05, 4.69) is 22.9 Å². The molecule has 1 aliphatic carbocycles. The van der Waals surface area contributed by atoms with Gasteiger partial charge in [-0.05, 0) is 54.0 Å². The molecule has 4 aliphatic heterocycles. The summed E-state index contributed by atoms with van der Waals surface area (Å²) in [4.78, 5) is 11.4. The molecule has 138 valence electrons. The van der Waals surface area contributed by atoms with E-state index in [0.717, 1.165) is 12.8 Å². The Morgan fingerprint density at radius 3 is 2.38 bits per heavy atom. The van der Waals surface area contributed by atoms with E-state index in [0.29, 0.717) is 18.8 Å². The van der Waals surface area contributed by atoms with Crippen molar-refractivity contribution in [3.05, 3.63) is 0 Å². The molecule has 8 heteroatoms. The zero-order valence-electron chi connectivity index (χ0n) is 13.9. The molecule has 1 saturated carbocycles. The van der Waals surface area contributed by atoms with E-state index in [1.165, 1.54) is 0 Å². The van der Waals surface area contributed by atoms with Crippen molar-refractivity contribution in [3.63, 3.8) is 0 Å². The van der Waals surface area contributed by atoms with E-state index in [4.69, 9.17) is 19.2 Å². The van der Waals surface area contributed by atoms with E-state index >= 15 is 0 Å². The minimum Gasteiger partial charge on any atom is -0.322 e. The van der Waals surface area contributed by atoms with Crippen molar-refractivity contribution in [1.29, 1.82) is 0 Å². The molecule has 5 rings (SSSR count). The van der Waals surface area contributed by atoms with Crippen molar-refractivity contribution in [2.75, 3.05) is 0 Å². The summed E-state index contributed by atoms with van der Waals surface area (Å²) in [7, 11) is 0. The molecule has 1 spiro atoms. The number of rotatable bonds is 0. The summed E-state index contributed by atoms with van der Waals surface area (Å²) in [5.41, 5.74) is -0.977. The zero-order valence-corrected chi connectivity index (χ0v) is 15.4. The molecule has 5 aliphatic rings. The summed E-state index contributed by atoms with van der Waals surface area (Å²) in [5, 5.41) is 0. The lowest BCUT2D eigenvalue weighted by Crippen LogP contribution is -2.74. The van der Waals surface area contributed by atoms with Crippen molar-refractivity contribution >= 4 is 15.9 Å². The van der Waals surface area contributed by atoms with Crippen LogP contribution in [0.5, 0.6) is 0 Å². The van der Waals surface area contributed by atoms with Crippen LogP contribution in [0.15, 0.2) is 0 Å². The van der Waals surface area contributed by atoms with E-state index < -0.39 is 34.3 Å². The van der Waals surface area contributed by atoms with Gasteiger partial charge in [-0.2, -0.15) is 13.2 Å². The molecular weight excluding hydrogens is 393 g/mol. The first kappa shape index (κ1) is 17.5. The molecule has 0 amide bonds. The van der Waals surface area contributed by atoms with Crippen molar-refractivity contribution < 1.29 is 32.4 Å². The summed E-state index contributed by atoms with van der Waals surface area (Å²) >= 11 is 2.87. The normalized spacial score (nSPS) is 57.4. The molecule has 24 heavy (non-hydrogen) atoms. The third kappa shape index (κ3) is 2.06. The first-order valence-corrected chi connectivity index (χ1v) is 9.31. The largest absolute Gasteiger partial charge is 0.427 e. The highest BCUT2D eigenvalue weighted by Gasteiger charge is 2.75. The van der Waals surface area contributed by atoms with Gasteiger partial charge in [0.2, 0.25) is 10.3 Å². The standard InChI is InChI=1S/C16H22BrF3O4/c1-8-4-5-11-9(2)15(17,16(18,19)20)22-12-14(11)10(8)6-7-13(3,21-12)23-24-14/h8-12H,4-7H2,1-3H3/t8-,9-,10?,11+,12+,13+,14-,15-/m1/s1. The van der Waals surface area contributed by atoms with Crippen LogP contribution in [0.2, 0.25) is 0 Å². The topological polar surface area (TPSA) is 36.9 Å². The van der Waals surface area contributed by atoms with Crippen LogP contribution in [0.25, 0.3) is 0 Å². The van der Waals surface area contributed by atoms with Gasteiger partial charge in [-0.3, -0.25) is 0 Å². The fraction of sp³-hybridized carbons (Fsp3) is 1.00. The highest BCUT2D eigenvalue weighted by Crippen LogP contribution is 2.65. The number of alkyl halides is 4. The van der Waals surface area contributed by atoms with Gasteiger partial charge in [0.15, 0.2) is 11.9 Å². The average Bonchev–Trinajstić information content (AvgIpc) is 2.70. The summed E-state index contributed by atoms with van der Waals surface area (Å²) in [6.45, 7) is 5.40. The second kappa shape index (κ2) is 5.09. The van der Waals surface area contributed by atoms with E-state index in [-0.39, 0.29) is 11.8 Å². The van der Waals surface area contributed by atoms with Crippen molar-refractivity contribution in [1.82, 2.24) is 0 Å². The molecule has 4 heterocycles. The second-order valence-corrected chi connectivity index (χ2v) is 9.14. The maximum atomic E-state index is 13.8. The molecule has 4 saturated heterocycles. The Morgan fingerprint density at radius 2 is 1.71 bits per heavy atom. The van der Waals surface area contributed by atoms with E-state index in [9.17, 15) is 13.2 Å². The van der Waals surface area contributed by atoms with Gasteiger partial charge in [0.05, 0.1) is 0 Å². The summed E-state index contributed by atoms with van der Waals surface area (Å²) in [5.74, 6) is -1.88. The predicted molar refractivity (Wildman–Crippen MR) is 80.8 cm³/mol. The summed E-state index contributed by atoms with van der Waals surface area (Å²) in [6.07, 6.45) is -2.79. The van der Waals surface area contributed by atoms with Crippen LogP contribution < -0.4 is 0 Å². The average molecular weight is 415 g/mol. The lowest BCUT2D eigenvalue weighted by Gasteiger charge is -2.62. The number of halogens is 4. The van der Waals surface area contributed by atoms with Crippen LogP contribution in [0.3, 0.4) is 0 Å². The highest BCUT2D eigenvalue weighted by molar-refractivity contribution is 9.10. The van der Waals surface area contributed by atoms with Crippen molar-refractivity contribution in [2.45, 2.75) is 74.8 Å². The summed E-state index contributed by atoms with van der Waals surface area (Å²) < 4.78 is 50.4. The van der Waals surface area contributed by atoms with Gasteiger partial charge < -0.3 is 9.47 Å². The Hall–Kier alpha value is 0.110. The maximum Gasteiger partial charge on any atom is 0.427 e. The van der Waals surface area contributed by atoms with Crippen LogP contribution in [-0.2, 0) is 19.2 Å². The minimum absolute atomic E-state index is 0.0540. The SMILES string of the molecule is C[C@@H]1CC[C@H]2[C@@H](C)[C@](Br)(C(F)(F)F)O[C@@H]3O[C@]4(C)CCC1[C@]32OO4. The third-order valence-corrected chi connectivity index (χ3v) is 7.99. The molecule has 2 bridgehead atoms. The first-order valence-electron chi connectivity index (χ1n) is 8.51. The van der Waals surface area contributed by atoms with Crippen molar-refractivity contribution in [3.8, 4) is 0 Å². The van der Waals surface area contributed by atoms with Gasteiger partial charge in [-0.1, -0.05) is 13.8 Å². The maximum absolute atomic E-state index is 13.8. The van der Waals surface area contributed by atoms with Crippen LogP contribution >= 0.6 is 15.9 Å². The minimum atomic E-state index is -4.55. The molecule has 0 N–H and O–H groups in total. The monoisotopic (exact) mass is 414 g/mol. The molecule has 8 atom stereocenters. The molecular formula is C16H22BrF3O4. The Labute approximate surface area is 147 Å². The first-order chi connectivity index (χ1) is 11.0. The molecule has 0 aromatic carbocycles. The molecule has 0 aromatic rings. The zero-order chi connectivity index (χ0) is 17.5.